The molecule has 1 N–H and O–H groups in total. The summed E-state index contributed by atoms with van der Waals surface area (Å²) in [5, 5.41) is 8.30. The van der Waals surface area contributed by atoms with Gasteiger partial charge in [-0.15, -0.1) is 0 Å². The van der Waals surface area contributed by atoms with Crippen molar-refractivity contribution in [3.63, 3.8) is 0 Å². The van der Waals surface area contributed by atoms with Crippen molar-refractivity contribution in [2.45, 2.75) is 58.3 Å². The molecule has 0 aromatic heterocycles. The fourth-order valence-corrected chi connectivity index (χ4v) is 2.31. The number of benzene rings is 1. The van der Waals surface area contributed by atoms with Crippen molar-refractivity contribution in [2.75, 3.05) is 13.2 Å². The Morgan fingerprint density at radius 2 is 1.60 bits per heavy atom. The summed E-state index contributed by atoms with van der Waals surface area (Å²) in [7, 11) is 0. The summed E-state index contributed by atoms with van der Waals surface area (Å²) in [5.41, 5.74) is 1.25. The van der Waals surface area contributed by atoms with Crippen molar-refractivity contribution in [3.05, 3.63) is 29.8 Å². The number of hydrogen-bond donors (Lipinski definition) is 1. The van der Waals surface area contributed by atoms with Crippen LogP contribution in [0.25, 0.3) is 0 Å². The molecule has 0 aliphatic heterocycles. The third-order valence-corrected chi connectivity index (χ3v) is 3.45. The Balaban J connectivity index is 2.21. The number of hydrogen-bond acceptors (Lipinski definition) is 3. The Morgan fingerprint density at radius 1 is 0.900 bits per heavy atom. The van der Waals surface area contributed by atoms with Crippen LogP contribution in [0.15, 0.2) is 24.3 Å². The highest BCUT2D eigenvalue weighted by molar-refractivity contribution is 5.33. The van der Waals surface area contributed by atoms with Crippen molar-refractivity contribution >= 4 is 0 Å². The molecule has 0 amide bonds. The Hall–Kier alpha value is -1.06. The fourth-order valence-electron chi connectivity index (χ4n) is 2.31. The van der Waals surface area contributed by atoms with Gasteiger partial charge in [0.05, 0.1) is 0 Å². The first-order valence-electron chi connectivity index (χ1n) is 7.85. The zero-order valence-corrected chi connectivity index (χ0v) is 12.6. The standard InChI is InChI=1S/C17H28O3/c1-2-3-4-5-6-7-8-11-16-12-9-10-13-17(16)19-14-15-20-18/h9-10,12-13,18H,2-8,11,14-15H2,1H3. The van der Waals surface area contributed by atoms with E-state index in [9.17, 15) is 0 Å². The first kappa shape index (κ1) is 17.0. The minimum atomic E-state index is 0.200. The minimum Gasteiger partial charge on any atom is -0.491 e. The van der Waals surface area contributed by atoms with Crippen LogP contribution in [0.4, 0.5) is 0 Å². The highest BCUT2D eigenvalue weighted by Crippen LogP contribution is 2.20. The normalized spacial score (nSPS) is 10.7. The molecule has 3 heteroatoms. The van der Waals surface area contributed by atoms with Crippen LogP contribution in [-0.2, 0) is 11.3 Å². The summed E-state index contributed by atoms with van der Waals surface area (Å²) in [6.45, 7) is 2.83. The van der Waals surface area contributed by atoms with E-state index in [1.807, 2.05) is 18.2 Å². The number of para-hydroxylation sites is 1. The average Bonchev–Trinajstić information content (AvgIpc) is 2.48. The van der Waals surface area contributed by atoms with Crippen molar-refractivity contribution in [1.29, 1.82) is 0 Å². The van der Waals surface area contributed by atoms with Gasteiger partial charge in [0, 0.05) is 0 Å². The number of ether oxygens (including phenoxy) is 1. The molecule has 3 nitrogen and oxygen atoms in total. The van der Waals surface area contributed by atoms with E-state index in [4.69, 9.17) is 9.99 Å². The zero-order valence-electron chi connectivity index (χ0n) is 12.6. The van der Waals surface area contributed by atoms with Crippen LogP contribution in [0.5, 0.6) is 5.75 Å². The van der Waals surface area contributed by atoms with E-state index in [1.165, 1.54) is 50.5 Å². The predicted octanol–water partition coefficient (Wildman–Crippen LogP) is 4.85. The second-order valence-corrected chi connectivity index (χ2v) is 5.16. The van der Waals surface area contributed by atoms with Crippen LogP contribution in [0.3, 0.4) is 0 Å². The summed E-state index contributed by atoms with van der Waals surface area (Å²) in [5.74, 6) is 0.913. The molecule has 114 valence electrons. The molecule has 0 radical (unpaired) electrons. The third-order valence-electron chi connectivity index (χ3n) is 3.45. The maximum absolute atomic E-state index is 8.30. The van der Waals surface area contributed by atoms with Gasteiger partial charge < -0.3 is 4.74 Å². The fraction of sp³-hybridized carbons (Fsp3) is 0.647. The molecule has 0 bridgehead atoms. The van der Waals surface area contributed by atoms with Crippen LogP contribution in [-0.4, -0.2) is 18.5 Å². The molecular formula is C17H28O3. The SMILES string of the molecule is CCCCCCCCCc1ccccc1OCCOO. The number of unbranched alkanes of at least 4 members (excludes halogenated alkanes) is 6. The molecule has 0 aliphatic rings. The van der Waals surface area contributed by atoms with E-state index < -0.39 is 0 Å². The second-order valence-electron chi connectivity index (χ2n) is 5.16. The zero-order chi connectivity index (χ0) is 14.5. The van der Waals surface area contributed by atoms with E-state index >= 15 is 0 Å². The molecule has 0 unspecified atom stereocenters. The van der Waals surface area contributed by atoms with Gasteiger partial charge in [-0.3, -0.25) is 5.26 Å². The molecule has 0 saturated heterocycles. The van der Waals surface area contributed by atoms with E-state index in [-0.39, 0.29) is 6.61 Å². The van der Waals surface area contributed by atoms with Crippen LogP contribution >= 0.6 is 0 Å². The van der Waals surface area contributed by atoms with Gasteiger partial charge in [0.15, 0.2) is 0 Å². The van der Waals surface area contributed by atoms with E-state index in [1.54, 1.807) is 0 Å². The van der Waals surface area contributed by atoms with Crippen molar-refractivity contribution in [1.82, 2.24) is 0 Å². The molecule has 0 atom stereocenters. The second kappa shape index (κ2) is 11.7. The van der Waals surface area contributed by atoms with E-state index in [0.29, 0.717) is 6.61 Å². The lowest BCUT2D eigenvalue weighted by Crippen LogP contribution is -2.06. The molecule has 20 heavy (non-hydrogen) atoms. The van der Waals surface area contributed by atoms with Gasteiger partial charge in [0.2, 0.25) is 0 Å². The maximum Gasteiger partial charge on any atom is 0.122 e. The molecule has 0 fully saturated rings. The lowest BCUT2D eigenvalue weighted by Gasteiger charge is -2.10. The summed E-state index contributed by atoms with van der Waals surface area (Å²) in [6, 6.07) is 8.12. The van der Waals surface area contributed by atoms with Crippen LogP contribution in [0.2, 0.25) is 0 Å². The largest absolute Gasteiger partial charge is 0.491 e. The van der Waals surface area contributed by atoms with Gasteiger partial charge in [-0.2, -0.15) is 0 Å². The Kier molecular flexibility index (Phi) is 9.98. The van der Waals surface area contributed by atoms with Gasteiger partial charge in [0.25, 0.3) is 0 Å². The molecule has 0 aliphatic carbocycles. The van der Waals surface area contributed by atoms with Crippen molar-refractivity contribution in [2.24, 2.45) is 0 Å². The first-order chi connectivity index (χ1) is 9.88. The molecular weight excluding hydrogens is 252 g/mol. The average molecular weight is 280 g/mol. The monoisotopic (exact) mass is 280 g/mol. The lowest BCUT2D eigenvalue weighted by molar-refractivity contribution is -0.245. The molecule has 1 aromatic rings. The van der Waals surface area contributed by atoms with E-state index in [2.05, 4.69) is 17.9 Å². The van der Waals surface area contributed by atoms with Gasteiger partial charge in [-0.1, -0.05) is 63.6 Å². The minimum absolute atomic E-state index is 0.200. The van der Waals surface area contributed by atoms with Gasteiger partial charge in [0.1, 0.15) is 19.0 Å². The van der Waals surface area contributed by atoms with Crippen LogP contribution in [0, 0.1) is 0 Å². The Morgan fingerprint density at radius 3 is 2.35 bits per heavy atom. The molecule has 0 spiro atoms. The summed E-state index contributed by atoms with van der Waals surface area (Å²) >= 11 is 0. The summed E-state index contributed by atoms with van der Waals surface area (Å²) in [6.07, 6.45) is 10.3. The quantitative estimate of drug-likeness (QED) is 0.338. The summed E-state index contributed by atoms with van der Waals surface area (Å²) < 4.78 is 5.60. The molecule has 0 saturated carbocycles. The topological polar surface area (TPSA) is 38.7 Å². The van der Waals surface area contributed by atoms with E-state index in [0.717, 1.165) is 12.2 Å². The van der Waals surface area contributed by atoms with Gasteiger partial charge in [-0.25, -0.2) is 4.89 Å². The smallest absolute Gasteiger partial charge is 0.122 e. The highest BCUT2D eigenvalue weighted by atomic mass is 17.1. The molecule has 1 aromatic carbocycles. The highest BCUT2D eigenvalue weighted by Gasteiger charge is 2.02. The van der Waals surface area contributed by atoms with Crippen LogP contribution in [0.1, 0.15) is 57.4 Å². The molecule has 1 rings (SSSR count). The summed E-state index contributed by atoms with van der Waals surface area (Å²) in [4.78, 5) is 4.02. The first-order valence-corrected chi connectivity index (χ1v) is 7.85. The van der Waals surface area contributed by atoms with Crippen molar-refractivity contribution in [3.8, 4) is 5.75 Å². The Bertz CT molecular complexity index is 339. The lowest BCUT2D eigenvalue weighted by atomic mass is 10.0. The van der Waals surface area contributed by atoms with Crippen LogP contribution < -0.4 is 4.74 Å². The van der Waals surface area contributed by atoms with Gasteiger partial charge >= 0.3 is 0 Å². The number of rotatable bonds is 12. The predicted molar refractivity (Wildman–Crippen MR) is 82.2 cm³/mol. The third kappa shape index (κ3) is 7.51. The number of aryl methyl sites for hydroxylation is 1. The van der Waals surface area contributed by atoms with Crippen molar-refractivity contribution < 1.29 is 14.9 Å². The maximum atomic E-state index is 8.30. The molecule has 0 heterocycles. The van der Waals surface area contributed by atoms with Gasteiger partial charge in [-0.05, 0) is 24.5 Å². The Labute approximate surface area is 122 Å².